The maximum absolute atomic E-state index is 13.6. The van der Waals surface area contributed by atoms with Crippen molar-refractivity contribution in [3.63, 3.8) is 0 Å². The van der Waals surface area contributed by atoms with Crippen LogP contribution in [0.2, 0.25) is 0 Å². The molecule has 2 N–H and O–H groups in total. The topological polar surface area (TPSA) is 126 Å². The molecule has 4 rings (SSSR count). The van der Waals surface area contributed by atoms with Crippen LogP contribution in [0.1, 0.15) is 64.1 Å². The molecule has 0 spiro atoms. The predicted octanol–water partition coefficient (Wildman–Crippen LogP) is 5.54. The standard InChI is InChI=1S/C30H34N2O6S2/c1-17-12-19(3)29(20(4)13-17)39(35,36)31-23-10-11-25(24(16-23)28-26(33)8-7-9-27(28)34)32-40(37,38)30-21(5)14-18(2)15-22(30)6/h10-16,28,31-32H,7-9H2,1-6H3. The van der Waals surface area contributed by atoms with E-state index in [4.69, 9.17) is 0 Å². The summed E-state index contributed by atoms with van der Waals surface area (Å²) in [6.07, 6.45) is 0.780. The van der Waals surface area contributed by atoms with E-state index in [0.717, 1.165) is 11.1 Å². The number of benzene rings is 3. The predicted molar refractivity (Wildman–Crippen MR) is 156 cm³/mol. The first-order valence-electron chi connectivity index (χ1n) is 13.0. The minimum Gasteiger partial charge on any atom is -0.299 e. The van der Waals surface area contributed by atoms with E-state index in [1.807, 2.05) is 13.8 Å². The first-order valence-corrected chi connectivity index (χ1v) is 16.0. The molecule has 1 fully saturated rings. The number of hydrogen-bond donors (Lipinski definition) is 2. The second-order valence-corrected chi connectivity index (χ2v) is 13.9. The molecule has 0 aromatic heterocycles. The minimum atomic E-state index is -4.11. The molecule has 0 saturated heterocycles. The summed E-state index contributed by atoms with van der Waals surface area (Å²) in [5.74, 6) is -1.85. The second-order valence-electron chi connectivity index (χ2n) is 10.7. The Labute approximate surface area is 236 Å². The van der Waals surface area contributed by atoms with Crippen LogP contribution in [0.3, 0.4) is 0 Å². The van der Waals surface area contributed by atoms with Crippen LogP contribution in [0.4, 0.5) is 11.4 Å². The van der Waals surface area contributed by atoms with Crippen molar-refractivity contribution < 1.29 is 26.4 Å². The van der Waals surface area contributed by atoms with Crippen molar-refractivity contribution in [1.82, 2.24) is 0 Å². The molecule has 0 aliphatic heterocycles. The van der Waals surface area contributed by atoms with Gasteiger partial charge in [0.05, 0.1) is 15.5 Å². The quantitative estimate of drug-likeness (QED) is 0.352. The van der Waals surface area contributed by atoms with Crippen LogP contribution in [0, 0.1) is 41.5 Å². The molecule has 0 radical (unpaired) electrons. The number of hydrogen-bond acceptors (Lipinski definition) is 6. The summed E-state index contributed by atoms with van der Waals surface area (Å²) < 4.78 is 59.1. The lowest BCUT2D eigenvalue weighted by molar-refractivity contribution is -0.131. The summed E-state index contributed by atoms with van der Waals surface area (Å²) in [5.41, 5.74) is 4.43. The number of Topliss-reactive ketones (excluding diaryl/α,β-unsaturated/α-hetero) is 2. The van der Waals surface area contributed by atoms with Crippen molar-refractivity contribution in [1.29, 1.82) is 0 Å². The number of carbonyl (C=O) groups excluding carboxylic acids is 2. The van der Waals surface area contributed by atoms with Crippen molar-refractivity contribution in [3.8, 4) is 0 Å². The number of nitrogens with one attached hydrogen (secondary N) is 2. The smallest absolute Gasteiger partial charge is 0.262 e. The number of carbonyl (C=O) groups is 2. The van der Waals surface area contributed by atoms with Gasteiger partial charge in [0.2, 0.25) is 0 Å². The summed E-state index contributed by atoms with van der Waals surface area (Å²) in [6.45, 7) is 10.6. The SMILES string of the molecule is Cc1cc(C)c(S(=O)(=O)Nc2ccc(NS(=O)(=O)c3c(C)cc(C)cc3C)c(C3C(=O)CCCC3=O)c2)c(C)c1. The molecular weight excluding hydrogens is 548 g/mol. The molecular formula is C30H34N2O6S2. The van der Waals surface area contributed by atoms with Gasteiger partial charge in [-0.15, -0.1) is 0 Å². The van der Waals surface area contributed by atoms with Crippen molar-refractivity contribution >= 4 is 43.0 Å². The molecule has 0 amide bonds. The number of aryl methyl sites for hydroxylation is 6. The van der Waals surface area contributed by atoms with Crippen LogP contribution < -0.4 is 9.44 Å². The molecule has 0 heterocycles. The van der Waals surface area contributed by atoms with Gasteiger partial charge in [-0.2, -0.15) is 0 Å². The monoisotopic (exact) mass is 582 g/mol. The zero-order valence-electron chi connectivity index (χ0n) is 23.5. The van der Waals surface area contributed by atoms with E-state index >= 15 is 0 Å². The molecule has 0 bridgehead atoms. The molecule has 10 heteroatoms. The Bertz CT molecular complexity index is 1700. The first kappa shape index (κ1) is 29.5. The van der Waals surface area contributed by atoms with Gasteiger partial charge in [-0.25, -0.2) is 16.8 Å². The Kier molecular flexibility index (Phi) is 7.97. The maximum Gasteiger partial charge on any atom is 0.262 e. The van der Waals surface area contributed by atoms with E-state index in [0.29, 0.717) is 28.7 Å². The van der Waals surface area contributed by atoms with E-state index in [1.165, 1.54) is 18.2 Å². The third-order valence-corrected chi connectivity index (χ3v) is 10.5. The third kappa shape index (κ3) is 5.83. The molecule has 40 heavy (non-hydrogen) atoms. The Hall–Kier alpha value is -3.50. The average Bonchev–Trinajstić information content (AvgIpc) is 2.78. The van der Waals surface area contributed by atoms with E-state index in [9.17, 15) is 26.4 Å². The first-order chi connectivity index (χ1) is 18.6. The molecule has 8 nitrogen and oxygen atoms in total. The van der Waals surface area contributed by atoms with Gasteiger partial charge >= 0.3 is 0 Å². The zero-order valence-corrected chi connectivity index (χ0v) is 25.1. The Morgan fingerprint density at radius 1 is 0.625 bits per heavy atom. The number of anilines is 2. The highest BCUT2D eigenvalue weighted by Gasteiger charge is 2.35. The third-order valence-electron chi connectivity index (χ3n) is 7.10. The number of rotatable bonds is 7. The molecule has 0 atom stereocenters. The fourth-order valence-electron chi connectivity index (χ4n) is 5.79. The maximum atomic E-state index is 13.6. The highest BCUT2D eigenvalue weighted by molar-refractivity contribution is 7.93. The van der Waals surface area contributed by atoms with Crippen molar-refractivity contribution in [2.75, 3.05) is 9.44 Å². The number of sulfonamides is 2. The van der Waals surface area contributed by atoms with Crippen LogP contribution in [0.25, 0.3) is 0 Å². The summed E-state index contributed by atoms with van der Waals surface area (Å²) in [4.78, 5) is 26.1. The van der Waals surface area contributed by atoms with Gasteiger partial charge in [-0.3, -0.25) is 19.0 Å². The van der Waals surface area contributed by atoms with Gasteiger partial charge in [0, 0.05) is 18.5 Å². The molecule has 3 aromatic carbocycles. The second kappa shape index (κ2) is 10.8. The van der Waals surface area contributed by atoms with E-state index in [-0.39, 0.29) is 51.1 Å². The molecule has 0 unspecified atom stereocenters. The molecule has 212 valence electrons. The van der Waals surface area contributed by atoms with Crippen molar-refractivity contribution in [3.05, 3.63) is 81.4 Å². The van der Waals surface area contributed by atoms with Crippen LogP contribution in [-0.2, 0) is 29.6 Å². The Balaban J connectivity index is 1.82. The summed E-state index contributed by atoms with van der Waals surface area (Å²) in [6, 6.07) is 11.3. The minimum absolute atomic E-state index is 0.0543. The normalized spacial score (nSPS) is 14.8. The fraction of sp³-hybridized carbons (Fsp3) is 0.333. The van der Waals surface area contributed by atoms with Gasteiger partial charge in [0.1, 0.15) is 17.5 Å². The van der Waals surface area contributed by atoms with Crippen LogP contribution in [0.15, 0.2) is 52.3 Å². The summed E-state index contributed by atoms with van der Waals surface area (Å²) >= 11 is 0. The lowest BCUT2D eigenvalue weighted by Crippen LogP contribution is -2.28. The highest BCUT2D eigenvalue weighted by Crippen LogP contribution is 2.36. The highest BCUT2D eigenvalue weighted by atomic mass is 32.2. The van der Waals surface area contributed by atoms with Gasteiger partial charge in [0.25, 0.3) is 20.0 Å². The van der Waals surface area contributed by atoms with Gasteiger partial charge in [0.15, 0.2) is 0 Å². The fourth-order valence-corrected chi connectivity index (χ4v) is 8.84. The molecule has 1 aliphatic rings. The summed E-state index contributed by atoms with van der Waals surface area (Å²) in [5, 5.41) is 0. The Morgan fingerprint density at radius 2 is 1.05 bits per heavy atom. The molecule has 3 aromatic rings. The zero-order chi connectivity index (χ0) is 29.6. The van der Waals surface area contributed by atoms with Crippen molar-refractivity contribution in [2.24, 2.45) is 0 Å². The van der Waals surface area contributed by atoms with Gasteiger partial charge < -0.3 is 0 Å². The van der Waals surface area contributed by atoms with Crippen molar-refractivity contribution in [2.45, 2.75) is 76.5 Å². The number of ketones is 2. The largest absolute Gasteiger partial charge is 0.299 e. The van der Waals surface area contributed by atoms with Gasteiger partial charge in [-0.05, 0) is 94.0 Å². The molecule has 1 aliphatic carbocycles. The van der Waals surface area contributed by atoms with Crippen LogP contribution >= 0.6 is 0 Å². The van der Waals surface area contributed by atoms with E-state index < -0.39 is 26.0 Å². The average molecular weight is 583 g/mol. The Morgan fingerprint density at radius 3 is 1.50 bits per heavy atom. The van der Waals surface area contributed by atoms with E-state index in [1.54, 1.807) is 52.0 Å². The van der Waals surface area contributed by atoms with Crippen LogP contribution in [0.5, 0.6) is 0 Å². The van der Waals surface area contributed by atoms with Gasteiger partial charge in [-0.1, -0.05) is 35.4 Å². The lowest BCUT2D eigenvalue weighted by atomic mass is 9.81. The van der Waals surface area contributed by atoms with E-state index in [2.05, 4.69) is 9.44 Å². The lowest BCUT2D eigenvalue weighted by Gasteiger charge is -2.24. The summed E-state index contributed by atoms with van der Waals surface area (Å²) in [7, 11) is -8.14. The van der Waals surface area contributed by atoms with Crippen LogP contribution in [-0.4, -0.2) is 28.4 Å². The molecule has 1 saturated carbocycles.